The van der Waals surface area contributed by atoms with Crippen molar-refractivity contribution in [3.63, 3.8) is 0 Å². The Morgan fingerprint density at radius 1 is 1.05 bits per heavy atom. The molecular formula is C24H24F6N2O4S2. The SMILES string of the molecule is CCCS(=O)(=O)Nc1cccc(Sc2ccc(/C=C/C(=O)N3CCOCC3)c(C(F)(F)F)c2C(F)(F)F)c1. The summed E-state index contributed by atoms with van der Waals surface area (Å²) in [6, 6.07) is 7.11. The lowest BCUT2D eigenvalue weighted by Crippen LogP contribution is -2.39. The highest BCUT2D eigenvalue weighted by Crippen LogP contribution is 2.48. The summed E-state index contributed by atoms with van der Waals surface area (Å²) in [6.45, 7) is 2.58. The van der Waals surface area contributed by atoms with E-state index in [1.54, 1.807) is 6.92 Å². The largest absolute Gasteiger partial charge is 0.418 e. The molecule has 1 aliphatic heterocycles. The van der Waals surface area contributed by atoms with Gasteiger partial charge in [-0.1, -0.05) is 30.8 Å². The molecule has 0 radical (unpaired) electrons. The van der Waals surface area contributed by atoms with Crippen LogP contribution in [0.15, 0.2) is 52.3 Å². The molecule has 0 unspecified atom stereocenters. The second-order valence-corrected chi connectivity index (χ2v) is 11.2. The lowest BCUT2D eigenvalue weighted by molar-refractivity contribution is -0.163. The molecule has 1 amide bonds. The Bertz CT molecular complexity index is 1290. The third-order valence-corrected chi connectivity index (χ3v) is 7.84. The molecule has 208 valence electrons. The second kappa shape index (κ2) is 12.0. The summed E-state index contributed by atoms with van der Waals surface area (Å²) in [7, 11) is -3.69. The summed E-state index contributed by atoms with van der Waals surface area (Å²) in [6.07, 6.45) is -8.90. The summed E-state index contributed by atoms with van der Waals surface area (Å²) in [4.78, 5) is 13.0. The zero-order chi connectivity index (χ0) is 28.1. The lowest BCUT2D eigenvalue weighted by atomic mass is 9.99. The predicted molar refractivity (Wildman–Crippen MR) is 131 cm³/mol. The first-order valence-electron chi connectivity index (χ1n) is 11.4. The van der Waals surface area contributed by atoms with E-state index in [-0.39, 0.29) is 42.6 Å². The van der Waals surface area contributed by atoms with Crippen LogP contribution in [-0.4, -0.2) is 51.3 Å². The van der Waals surface area contributed by atoms with Crippen molar-refractivity contribution >= 4 is 39.5 Å². The maximum absolute atomic E-state index is 14.1. The highest BCUT2D eigenvalue weighted by atomic mass is 32.2. The van der Waals surface area contributed by atoms with E-state index >= 15 is 0 Å². The number of carbonyl (C=O) groups excluding carboxylic acids is 1. The van der Waals surface area contributed by atoms with Crippen molar-refractivity contribution in [2.45, 2.75) is 35.5 Å². The van der Waals surface area contributed by atoms with E-state index in [1.807, 2.05) is 0 Å². The number of carbonyl (C=O) groups is 1. The second-order valence-electron chi connectivity index (χ2n) is 8.22. The van der Waals surface area contributed by atoms with Crippen LogP contribution in [0.2, 0.25) is 0 Å². The molecule has 0 spiro atoms. The number of hydrogen-bond acceptors (Lipinski definition) is 5. The fraction of sp³-hybridized carbons (Fsp3) is 0.375. The number of nitrogens with one attached hydrogen (secondary N) is 1. The molecule has 1 N–H and O–H groups in total. The van der Waals surface area contributed by atoms with Gasteiger partial charge in [-0.3, -0.25) is 9.52 Å². The number of alkyl halides is 6. The van der Waals surface area contributed by atoms with Gasteiger partial charge >= 0.3 is 12.4 Å². The molecule has 1 fully saturated rings. The molecule has 0 aromatic heterocycles. The van der Waals surface area contributed by atoms with Crippen LogP contribution in [0.25, 0.3) is 6.08 Å². The third-order valence-electron chi connectivity index (χ3n) is 5.30. The number of ether oxygens (including phenoxy) is 1. The third kappa shape index (κ3) is 7.90. The van der Waals surface area contributed by atoms with Gasteiger partial charge in [0.1, 0.15) is 0 Å². The Morgan fingerprint density at radius 2 is 1.71 bits per heavy atom. The zero-order valence-corrected chi connectivity index (χ0v) is 21.7. The maximum Gasteiger partial charge on any atom is 0.418 e. The summed E-state index contributed by atoms with van der Waals surface area (Å²) in [5.41, 5.74) is -4.56. The van der Waals surface area contributed by atoms with Gasteiger partial charge in [0, 0.05) is 34.6 Å². The molecule has 3 rings (SSSR count). The maximum atomic E-state index is 14.1. The molecule has 0 aliphatic carbocycles. The van der Waals surface area contributed by atoms with Crippen molar-refractivity contribution in [2.75, 3.05) is 36.8 Å². The smallest absolute Gasteiger partial charge is 0.378 e. The zero-order valence-electron chi connectivity index (χ0n) is 20.0. The normalized spacial score (nSPS) is 15.2. The molecule has 14 heteroatoms. The molecule has 2 aromatic rings. The fourth-order valence-electron chi connectivity index (χ4n) is 3.71. The van der Waals surface area contributed by atoms with Gasteiger partial charge in [0.25, 0.3) is 0 Å². The van der Waals surface area contributed by atoms with Crippen LogP contribution in [0.3, 0.4) is 0 Å². The number of nitrogens with zero attached hydrogens (tertiary/aromatic N) is 1. The molecule has 38 heavy (non-hydrogen) atoms. The number of sulfonamides is 1. The first-order valence-corrected chi connectivity index (χ1v) is 13.8. The molecule has 0 atom stereocenters. The number of amides is 1. The Morgan fingerprint density at radius 3 is 2.32 bits per heavy atom. The highest BCUT2D eigenvalue weighted by molar-refractivity contribution is 7.99. The van der Waals surface area contributed by atoms with Crippen molar-refractivity contribution in [1.82, 2.24) is 4.90 Å². The summed E-state index contributed by atoms with van der Waals surface area (Å²) in [5, 5.41) is 0. The number of halogens is 6. The minimum Gasteiger partial charge on any atom is -0.378 e. The van der Waals surface area contributed by atoms with E-state index in [4.69, 9.17) is 4.74 Å². The molecule has 0 bridgehead atoms. The minimum atomic E-state index is -5.39. The Hall–Kier alpha value is -2.71. The minimum absolute atomic E-state index is 0.0641. The quantitative estimate of drug-likeness (QED) is 0.310. The van der Waals surface area contributed by atoms with Crippen molar-refractivity contribution in [2.24, 2.45) is 0 Å². The number of morpholine rings is 1. The van der Waals surface area contributed by atoms with Crippen LogP contribution in [0, 0.1) is 0 Å². The van der Waals surface area contributed by atoms with Gasteiger partial charge in [0.2, 0.25) is 15.9 Å². The van der Waals surface area contributed by atoms with Crippen LogP contribution in [0.1, 0.15) is 30.0 Å². The lowest BCUT2D eigenvalue weighted by Gasteiger charge is -2.25. The number of anilines is 1. The molecule has 0 saturated carbocycles. The average molecular weight is 583 g/mol. The van der Waals surface area contributed by atoms with E-state index in [0.717, 1.165) is 24.3 Å². The molecular weight excluding hydrogens is 558 g/mol. The van der Waals surface area contributed by atoms with Crippen LogP contribution in [0.4, 0.5) is 32.0 Å². The molecule has 6 nitrogen and oxygen atoms in total. The van der Waals surface area contributed by atoms with E-state index in [0.29, 0.717) is 18.2 Å². The first kappa shape index (κ1) is 29.8. The van der Waals surface area contributed by atoms with E-state index in [2.05, 4.69) is 4.72 Å². The molecule has 1 aliphatic rings. The molecule has 1 heterocycles. The van der Waals surface area contributed by atoms with Crippen LogP contribution in [-0.2, 0) is 31.9 Å². The van der Waals surface area contributed by atoms with Gasteiger partial charge in [0.05, 0.1) is 30.1 Å². The predicted octanol–water partition coefficient (Wildman–Crippen LogP) is 5.90. The molecule has 1 saturated heterocycles. The van der Waals surface area contributed by atoms with E-state index in [1.165, 1.54) is 29.2 Å². The van der Waals surface area contributed by atoms with Crippen LogP contribution in [0.5, 0.6) is 0 Å². The van der Waals surface area contributed by atoms with Gasteiger partial charge in [-0.2, -0.15) is 26.3 Å². The summed E-state index contributed by atoms with van der Waals surface area (Å²) < 4.78 is 116. The van der Waals surface area contributed by atoms with Gasteiger partial charge in [0.15, 0.2) is 0 Å². The van der Waals surface area contributed by atoms with Gasteiger partial charge in [-0.05, 0) is 42.3 Å². The van der Waals surface area contributed by atoms with Crippen molar-refractivity contribution in [3.8, 4) is 0 Å². The van der Waals surface area contributed by atoms with Crippen LogP contribution >= 0.6 is 11.8 Å². The van der Waals surface area contributed by atoms with Gasteiger partial charge < -0.3 is 9.64 Å². The van der Waals surface area contributed by atoms with Crippen molar-refractivity contribution < 1.29 is 44.3 Å². The number of benzene rings is 2. The van der Waals surface area contributed by atoms with Gasteiger partial charge in [-0.15, -0.1) is 0 Å². The standard InChI is InChI=1S/C24H24F6N2O4S2/c1-2-14-38(34,35)31-17-4-3-5-18(15-17)37-19-8-6-16(7-9-20(33)32-10-12-36-13-11-32)21(23(25,26)27)22(19)24(28,29)30/h3-9,15,31H,2,10-14H2,1H3/b9-7+. The Balaban J connectivity index is 2.02. The van der Waals surface area contributed by atoms with Crippen molar-refractivity contribution in [1.29, 1.82) is 0 Å². The van der Waals surface area contributed by atoms with Crippen molar-refractivity contribution in [3.05, 3.63) is 59.2 Å². The highest BCUT2D eigenvalue weighted by Gasteiger charge is 2.46. The number of hydrogen-bond donors (Lipinski definition) is 1. The topological polar surface area (TPSA) is 75.7 Å². The first-order chi connectivity index (χ1) is 17.7. The monoisotopic (exact) mass is 582 g/mol. The Labute approximate surface area is 220 Å². The number of rotatable bonds is 8. The fourth-order valence-corrected chi connectivity index (χ4v) is 5.88. The van der Waals surface area contributed by atoms with Gasteiger partial charge in [-0.25, -0.2) is 8.42 Å². The van der Waals surface area contributed by atoms with E-state index in [9.17, 15) is 39.6 Å². The van der Waals surface area contributed by atoms with E-state index < -0.39 is 49.9 Å². The summed E-state index contributed by atoms with van der Waals surface area (Å²) in [5.74, 6) is -0.823. The average Bonchev–Trinajstić information content (AvgIpc) is 2.81. The summed E-state index contributed by atoms with van der Waals surface area (Å²) >= 11 is 0.413. The molecule has 2 aromatic carbocycles. The van der Waals surface area contributed by atoms with Crippen LogP contribution < -0.4 is 4.72 Å². The Kier molecular flexibility index (Phi) is 9.42.